The van der Waals surface area contributed by atoms with E-state index in [1.54, 1.807) is 0 Å². The first-order valence-corrected chi connectivity index (χ1v) is 11.8. The van der Waals surface area contributed by atoms with Crippen molar-refractivity contribution in [1.29, 1.82) is 0 Å². The molecule has 162 valence electrons. The highest BCUT2D eigenvalue weighted by Crippen LogP contribution is 2.46. The van der Waals surface area contributed by atoms with Crippen LogP contribution in [0.25, 0.3) is 0 Å². The predicted molar refractivity (Wildman–Crippen MR) is 104 cm³/mol. The number of hydrogen-bond acceptors (Lipinski definition) is 4. The van der Waals surface area contributed by atoms with Gasteiger partial charge >= 0.3 is 0 Å². The van der Waals surface area contributed by atoms with Crippen LogP contribution in [0, 0.1) is 11.7 Å². The number of hydrogen-bond donors (Lipinski definition) is 2. The second-order valence-corrected chi connectivity index (χ2v) is 10.1. The average Bonchev–Trinajstić information content (AvgIpc) is 3.49. The summed E-state index contributed by atoms with van der Waals surface area (Å²) in [6, 6.07) is 2.76. The van der Waals surface area contributed by atoms with Gasteiger partial charge in [-0.1, -0.05) is 19.3 Å². The molecule has 6 nitrogen and oxygen atoms in total. The van der Waals surface area contributed by atoms with Crippen LogP contribution in [0.3, 0.4) is 0 Å². The highest BCUT2D eigenvalue weighted by atomic mass is 32.2. The number of nitrogens with zero attached hydrogens (tertiary/aromatic N) is 1. The Morgan fingerprint density at radius 3 is 2.48 bits per heavy atom. The van der Waals surface area contributed by atoms with E-state index in [4.69, 9.17) is 4.74 Å². The SMILES string of the molecule is O=S(=O)(NC(O)c1cc(C2CC2)c(OCC2CCCCC2)cc1F)N1CC(F)C1. The lowest BCUT2D eigenvalue weighted by Gasteiger charge is -2.33. The fraction of sp³-hybridized carbons (Fsp3) is 0.700. The zero-order chi connectivity index (χ0) is 20.6. The highest BCUT2D eigenvalue weighted by molar-refractivity contribution is 7.87. The molecule has 9 heteroatoms. The summed E-state index contributed by atoms with van der Waals surface area (Å²) in [7, 11) is -4.08. The van der Waals surface area contributed by atoms with E-state index in [1.165, 1.54) is 31.4 Å². The van der Waals surface area contributed by atoms with Gasteiger partial charge in [0.1, 0.15) is 24.0 Å². The molecule has 0 radical (unpaired) electrons. The van der Waals surface area contributed by atoms with Crippen LogP contribution in [0.5, 0.6) is 5.75 Å². The normalized spacial score (nSPS) is 23.0. The molecular weight excluding hydrogens is 402 g/mol. The number of aliphatic hydroxyl groups is 1. The number of rotatable bonds is 8. The van der Waals surface area contributed by atoms with E-state index >= 15 is 0 Å². The molecule has 4 rings (SSSR count). The first kappa shape index (κ1) is 21.0. The van der Waals surface area contributed by atoms with Crippen molar-refractivity contribution < 1.29 is 27.0 Å². The van der Waals surface area contributed by atoms with E-state index in [0.717, 1.165) is 35.6 Å². The number of benzene rings is 1. The van der Waals surface area contributed by atoms with Crippen LogP contribution in [-0.4, -0.2) is 43.7 Å². The Bertz CT molecular complexity index is 835. The molecule has 1 atom stereocenters. The summed E-state index contributed by atoms with van der Waals surface area (Å²) < 4.78 is 60.9. The van der Waals surface area contributed by atoms with Gasteiger partial charge < -0.3 is 9.84 Å². The first-order valence-electron chi connectivity index (χ1n) is 10.4. The molecule has 1 aromatic rings. The first-order chi connectivity index (χ1) is 13.8. The molecular formula is C20H28F2N2O4S. The maximum absolute atomic E-state index is 14.7. The van der Waals surface area contributed by atoms with Gasteiger partial charge in [-0.3, -0.25) is 0 Å². The van der Waals surface area contributed by atoms with Crippen molar-refractivity contribution in [3.8, 4) is 5.75 Å². The number of aliphatic hydroxyl groups excluding tert-OH is 1. The summed E-state index contributed by atoms with van der Waals surface area (Å²) in [5, 5.41) is 10.3. The van der Waals surface area contributed by atoms with Crippen molar-refractivity contribution in [1.82, 2.24) is 9.03 Å². The third-order valence-corrected chi connectivity index (χ3v) is 7.54. The minimum atomic E-state index is -4.08. The molecule has 0 bridgehead atoms. The fourth-order valence-corrected chi connectivity index (χ4v) is 5.34. The third kappa shape index (κ3) is 4.90. The molecule has 1 unspecified atom stereocenters. The van der Waals surface area contributed by atoms with Gasteiger partial charge in [0.2, 0.25) is 0 Å². The zero-order valence-electron chi connectivity index (χ0n) is 16.3. The largest absolute Gasteiger partial charge is 0.493 e. The van der Waals surface area contributed by atoms with E-state index < -0.39 is 28.4 Å². The predicted octanol–water partition coefficient (Wildman–Crippen LogP) is 3.14. The molecule has 29 heavy (non-hydrogen) atoms. The maximum Gasteiger partial charge on any atom is 0.282 e. The fourth-order valence-electron chi connectivity index (χ4n) is 4.06. The molecule has 2 saturated carbocycles. The zero-order valence-corrected chi connectivity index (χ0v) is 17.1. The second-order valence-electron chi connectivity index (χ2n) is 8.44. The van der Waals surface area contributed by atoms with E-state index in [-0.39, 0.29) is 24.6 Å². The number of alkyl halides is 1. The average molecular weight is 431 g/mol. The molecule has 3 fully saturated rings. The summed E-state index contributed by atoms with van der Waals surface area (Å²) in [6.07, 6.45) is 4.85. The Balaban J connectivity index is 1.48. The number of nitrogens with one attached hydrogen (secondary N) is 1. The second kappa shape index (κ2) is 8.45. The van der Waals surface area contributed by atoms with Gasteiger partial charge in [-0.25, -0.2) is 8.78 Å². The van der Waals surface area contributed by atoms with Gasteiger partial charge in [-0.15, -0.1) is 0 Å². The summed E-state index contributed by atoms with van der Waals surface area (Å²) >= 11 is 0. The van der Waals surface area contributed by atoms with Gasteiger partial charge in [0.15, 0.2) is 0 Å². The molecule has 2 aliphatic carbocycles. The van der Waals surface area contributed by atoms with Crippen LogP contribution in [0.15, 0.2) is 12.1 Å². The van der Waals surface area contributed by atoms with Crippen LogP contribution >= 0.6 is 0 Å². The van der Waals surface area contributed by atoms with Crippen molar-refractivity contribution in [3.63, 3.8) is 0 Å². The van der Waals surface area contributed by atoms with Crippen molar-refractivity contribution >= 4 is 10.2 Å². The minimum Gasteiger partial charge on any atom is -0.493 e. The number of ether oxygens (including phenoxy) is 1. The van der Waals surface area contributed by atoms with Crippen LogP contribution in [-0.2, 0) is 10.2 Å². The van der Waals surface area contributed by atoms with Crippen LogP contribution in [0.4, 0.5) is 8.78 Å². The number of halogens is 2. The summed E-state index contributed by atoms with van der Waals surface area (Å²) in [4.78, 5) is 0. The van der Waals surface area contributed by atoms with Gasteiger partial charge in [-0.05, 0) is 49.1 Å². The summed E-state index contributed by atoms with van der Waals surface area (Å²) in [5.74, 6) is 0.474. The molecule has 2 N–H and O–H groups in total. The summed E-state index contributed by atoms with van der Waals surface area (Å²) in [5.41, 5.74) is 0.668. The van der Waals surface area contributed by atoms with E-state index in [1.807, 2.05) is 4.72 Å². The van der Waals surface area contributed by atoms with Crippen molar-refractivity contribution in [2.45, 2.75) is 63.3 Å². The quantitative estimate of drug-likeness (QED) is 0.621. The van der Waals surface area contributed by atoms with Crippen LogP contribution in [0.2, 0.25) is 0 Å². The molecule has 1 aromatic carbocycles. The van der Waals surface area contributed by atoms with Gasteiger partial charge in [-0.2, -0.15) is 17.4 Å². The maximum atomic E-state index is 14.7. The van der Waals surface area contributed by atoms with Gasteiger partial charge in [0.25, 0.3) is 10.2 Å². The Kier molecular flexibility index (Phi) is 6.11. The Morgan fingerprint density at radius 1 is 1.17 bits per heavy atom. The van der Waals surface area contributed by atoms with Gasteiger partial charge in [0.05, 0.1) is 6.61 Å². The van der Waals surface area contributed by atoms with E-state index in [0.29, 0.717) is 18.3 Å². The molecule has 0 amide bonds. The molecule has 1 heterocycles. The summed E-state index contributed by atoms with van der Waals surface area (Å²) in [6.45, 7) is 0.0324. The monoisotopic (exact) mass is 430 g/mol. The minimum absolute atomic E-state index is 0.141. The standard InChI is InChI=1S/C20H28F2N2O4S/c21-15-10-24(11-15)29(26,27)23-20(25)17-8-16(14-6-7-14)19(9-18(17)22)28-12-13-4-2-1-3-5-13/h8-9,13-15,20,23,25H,1-7,10-12H2. The van der Waals surface area contributed by atoms with Crippen LogP contribution < -0.4 is 9.46 Å². The lowest BCUT2D eigenvalue weighted by Crippen LogP contribution is -2.55. The topological polar surface area (TPSA) is 78.9 Å². The Hall–Kier alpha value is -1.29. The Morgan fingerprint density at radius 2 is 1.86 bits per heavy atom. The lowest BCUT2D eigenvalue weighted by atomic mass is 9.90. The van der Waals surface area contributed by atoms with E-state index in [9.17, 15) is 22.3 Å². The van der Waals surface area contributed by atoms with Crippen molar-refractivity contribution in [2.24, 2.45) is 5.92 Å². The van der Waals surface area contributed by atoms with Crippen molar-refractivity contribution in [3.05, 3.63) is 29.1 Å². The molecule has 1 aliphatic heterocycles. The lowest BCUT2D eigenvalue weighted by molar-refractivity contribution is 0.125. The molecule has 1 saturated heterocycles. The van der Waals surface area contributed by atoms with Crippen molar-refractivity contribution in [2.75, 3.05) is 19.7 Å². The highest BCUT2D eigenvalue weighted by Gasteiger charge is 2.37. The molecule has 3 aliphatic rings. The van der Waals surface area contributed by atoms with E-state index in [2.05, 4.69) is 0 Å². The third-order valence-electron chi connectivity index (χ3n) is 6.04. The van der Waals surface area contributed by atoms with Gasteiger partial charge in [0, 0.05) is 24.7 Å². The van der Waals surface area contributed by atoms with Crippen LogP contribution in [0.1, 0.15) is 68.2 Å². The molecule has 0 spiro atoms. The molecule has 0 aromatic heterocycles. The smallest absolute Gasteiger partial charge is 0.282 e. The Labute approximate surface area is 170 Å².